The highest BCUT2D eigenvalue weighted by molar-refractivity contribution is 7.10. The summed E-state index contributed by atoms with van der Waals surface area (Å²) in [4.78, 5) is 4.82. The Hall–Kier alpha value is -1.17. The summed E-state index contributed by atoms with van der Waals surface area (Å²) in [5, 5.41) is 4.08. The van der Waals surface area contributed by atoms with E-state index in [1.165, 1.54) is 22.8 Å². The van der Waals surface area contributed by atoms with Gasteiger partial charge in [-0.05, 0) is 24.6 Å². The van der Waals surface area contributed by atoms with Gasteiger partial charge in [0.15, 0.2) is 0 Å². The maximum Gasteiger partial charge on any atom is 0.138 e. The van der Waals surface area contributed by atoms with Crippen LogP contribution in [0.15, 0.2) is 24.3 Å². The van der Waals surface area contributed by atoms with Gasteiger partial charge in [0, 0.05) is 49.9 Å². The van der Waals surface area contributed by atoms with Crippen molar-refractivity contribution in [2.45, 2.75) is 13.5 Å². The van der Waals surface area contributed by atoms with Crippen LogP contribution in [0, 0.1) is 6.92 Å². The number of hydrogen-bond acceptors (Lipinski definition) is 5. The summed E-state index contributed by atoms with van der Waals surface area (Å²) in [5.74, 6) is 0. The Kier molecular flexibility index (Phi) is 4.19. The number of aromatic nitrogens is 2. The van der Waals surface area contributed by atoms with E-state index in [-0.39, 0.29) is 0 Å². The number of hydrogen-bond donors (Lipinski definition) is 0. The van der Waals surface area contributed by atoms with Crippen molar-refractivity contribution in [3.05, 3.63) is 39.9 Å². The molecule has 0 saturated carbocycles. The average molecular weight is 309 g/mol. The molecule has 0 bridgehead atoms. The molecule has 3 rings (SSSR count). The fraction of sp³-hybridized carbons (Fsp3) is 0.429. The first kappa shape index (κ1) is 13.8. The lowest BCUT2D eigenvalue weighted by atomic mass is 10.2. The van der Waals surface area contributed by atoms with Crippen LogP contribution in [0.2, 0.25) is 4.34 Å². The molecule has 1 aliphatic rings. The number of benzene rings is 1. The molecule has 0 N–H and O–H groups in total. The molecule has 0 amide bonds. The highest BCUT2D eigenvalue weighted by Crippen LogP contribution is 2.21. The van der Waals surface area contributed by atoms with Gasteiger partial charge in [0.2, 0.25) is 0 Å². The molecule has 1 saturated heterocycles. The van der Waals surface area contributed by atoms with Crippen molar-refractivity contribution in [1.29, 1.82) is 0 Å². The van der Waals surface area contributed by atoms with Crippen LogP contribution in [0.25, 0.3) is 0 Å². The van der Waals surface area contributed by atoms with Crippen LogP contribution in [0.3, 0.4) is 0 Å². The molecule has 0 atom stereocenters. The molecule has 0 spiro atoms. The number of rotatable bonds is 3. The van der Waals surface area contributed by atoms with E-state index in [1.54, 1.807) is 0 Å². The number of nitrogens with zero attached hydrogens (tertiary/aromatic N) is 4. The third-order valence-corrected chi connectivity index (χ3v) is 4.61. The summed E-state index contributed by atoms with van der Waals surface area (Å²) in [6.45, 7) is 7.08. The van der Waals surface area contributed by atoms with Crippen LogP contribution < -0.4 is 4.90 Å². The standard InChI is InChI=1S/C14H17ClN4S/c1-11-3-2-4-12(9-11)19-7-5-18(6-8-19)10-13-14(15)20-17-16-13/h2-4,9H,5-8,10H2,1H3. The second-order valence-electron chi connectivity index (χ2n) is 5.10. The zero-order valence-corrected chi connectivity index (χ0v) is 13.0. The molecular formula is C14H17ClN4S. The van der Waals surface area contributed by atoms with E-state index in [9.17, 15) is 0 Å². The Morgan fingerprint density at radius 1 is 1.25 bits per heavy atom. The van der Waals surface area contributed by atoms with Crippen molar-refractivity contribution in [2.75, 3.05) is 31.1 Å². The van der Waals surface area contributed by atoms with Crippen molar-refractivity contribution in [3.63, 3.8) is 0 Å². The summed E-state index contributed by atoms with van der Waals surface area (Å²) in [6.07, 6.45) is 0. The summed E-state index contributed by atoms with van der Waals surface area (Å²) in [5.41, 5.74) is 3.53. The summed E-state index contributed by atoms with van der Waals surface area (Å²) < 4.78 is 4.60. The van der Waals surface area contributed by atoms with E-state index in [0.717, 1.165) is 38.4 Å². The molecule has 4 nitrogen and oxygen atoms in total. The Bertz CT molecular complexity index is 578. The minimum absolute atomic E-state index is 0.714. The van der Waals surface area contributed by atoms with Gasteiger partial charge < -0.3 is 4.90 Å². The fourth-order valence-electron chi connectivity index (χ4n) is 2.49. The molecule has 2 heterocycles. The number of piperazine rings is 1. The summed E-state index contributed by atoms with van der Waals surface area (Å²) >= 11 is 7.32. The second kappa shape index (κ2) is 6.08. The Labute approximate surface area is 128 Å². The van der Waals surface area contributed by atoms with Crippen LogP contribution in [0.1, 0.15) is 11.3 Å². The molecule has 6 heteroatoms. The number of anilines is 1. The SMILES string of the molecule is Cc1cccc(N2CCN(Cc3nnsc3Cl)CC2)c1. The first-order valence-electron chi connectivity index (χ1n) is 6.73. The lowest BCUT2D eigenvalue weighted by Gasteiger charge is -2.35. The van der Waals surface area contributed by atoms with Crippen molar-refractivity contribution < 1.29 is 0 Å². The molecule has 0 radical (unpaired) electrons. The Morgan fingerprint density at radius 2 is 2.05 bits per heavy atom. The molecule has 0 aliphatic carbocycles. The molecular weight excluding hydrogens is 292 g/mol. The lowest BCUT2D eigenvalue weighted by Crippen LogP contribution is -2.46. The molecule has 106 valence electrons. The fourth-order valence-corrected chi connectivity index (χ4v) is 3.10. The van der Waals surface area contributed by atoms with Gasteiger partial charge in [-0.1, -0.05) is 28.2 Å². The third-order valence-electron chi connectivity index (χ3n) is 3.62. The van der Waals surface area contributed by atoms with Gasteiger partial charge in [-0.2, -0.15) is 0 Å². The van der Waals surface area contributed by atoms with Crippen molar-refractivity contribution in [3.8, 4) is 0 Å². The maximum absolute atomic E-state index is 6.06. The maximum atomic E-state index is 6.06. The molecule has 2 aromatic rings. The van der Waals surface area contributed by atoms with E-state index in [4.69, 9.17) is 11.6 Å². The monoisotopic (exact) mass is 308 g/mol. The van der Waals surface area contributed by atoms with E-state index in [1.807, 2.05) is 0 Å². The second-order valence-corrected chi connectivity index (χ2v) is 6.45. The largest absolute Gasteiger partial charge is 0.369 e. The van der Waals surface area contributed by atoms with Crippen LogP contribution in [0.5, 0.6) is 0 Å². The van der Waals surface area contributed by atoms with Crippen molar-refractivity contribution in [1.82, 2.24) is 14.5 Å². The van der Waals surface area contributed by atoms with Gasteiger partial charge in [-0.15, -0.1) is 5.10 Å². The number of halogens is 1. The average Bonchev–Trinajstić information content (AvgIpc) is 2.85. The first-order valence-corrected chi connectivity index (χ1v) is 7.88. The van der Waals surface area contributed by atoms with E-state index in [0.29, 0.717) is 4.34 Å². The number of aryl methyl sites for hydroxylation is 1. The molecule has 0 unspecified atom stereocenters. The summed E-state index contributed by atoms with van der Waals surface area (Å²) in [7, 11) is 0. The van der Waals surface area contributed by atoms with Gasteiger partial charge >= 0.3 is 0 Å². The molecule has 1 aromatic heterocycles. The molecule has 1 aliphatic heterocycles. The molecule has 20 heavy (non-hydrogen) atoms. The van der Waals surface area contributed by atoms with E-state index < -0.39 is 0 Å². The van der Waals surface area contributed by atoms with Crippen LogP contribution >= 0.6 is 23.1 Å². The smallest absolute Gasteiger partial charge is 0.138 e. The van der Waals surface area contributed by atoms with Gasteiger partial charge in [0.05, 0.1) is 0 Å². The quantitative estimate of drug-likeness (QED) is 0.873. The normalized spacial score (nSPS) is 16.6. The predicted molar refractivity (Wildman–Crippen MR) is 83.6 cm³/mol. The minimum atomic E-state index is 0.714. The van der Waals surface area contributed by atoms with Crippen molar-refractivity contribution >= 4 is 28.8 Å². The van der Waals surface area contributed by atoms with E-state index in [2.05, 4.69) is 50.6 Å². The highest BCUT2D eigenvalue weighted by atomic mass is 35.5. The highest BCUT2D eigenvalue weighted by Gasteiger charge is 2.19. The Balaban J connectivity index is 1.58. The van der Waals surface area contributed by atoms with E-state index >= 15 is 0 Å². The molecule has 1 aromatic carbocycles. The zero-order chi connectivity index (χ0) is 13.9. The topological polar surface area (TPSA) is 32.3 Å². The molecule has 1 fully saturated rings. The van der Waals surface area contributed by atoms with Crippen LogP contribution in [-0.2, 0) is 6.54 Å². The first-order chi connectivity index (χ1) is 9.72. The van der Waals surface area contributed by atoms with Crippen LogP contribution in [-0.4, -0.2) is 40.7 Å². The third kappa shape index (κ3) is 3.11. The predicted octanol–water partition coefficient (Wildman–Crippen LogP) is 2.82. The Morgan fingerprint density at radius 3 is 2.70 bits per heavy atom. The van der Waals surface area contributed by atoms with Crippen molar-refractivity contribution in [2.24, 2.45) is 0 Å². The minimum Gasteiger partial charge on any atom is -0.369 e. The van der Waals surface area contributed by atoms with Gasteiger partial charge in [0.25, 0.3) is 0 Å². The van der Waals surface area contributed by atoms with Crippen LogP contribution in [0.4, 0.5) is 5.69 Å². The van der Waals surface area contributed by atoms with Gasteiger partial charge in [-0.3, -0.25) is 4.90 Å². The summed E-state index contributed by atoms with van der Waals surface area (Å²) in [6, 6.07) is 8.69. The van der Waals surface area contributed by atoms with Gasteiger partial charge in [0.1, 0.15) is 10.0 Å². The van der Waals surface area contributed by atoms with Gasteiger partial charge in [-0.25, -0.2) is 0 Å². The zero-order valence-electron chi connectivity index (χ0n) is 11.4. The lowest BCUT2D eigenvalue weighted by molar-refractivity contribution is 0.247.